The molecule has 0 unspecified atom stereocenters. The highest BCUT2D eigenvalue weighted by Gasteiger charge is 2.18. The van der Waals surface area contributed by atoms with Gasteiger partial charge in [-0.1, -0.05) is 27.7 Å². The van der Waals surface area contributed by atoms with Crippen molar-refractivity contribution in [2.45, 2.75) is 27.7 Å². The number of likely N-dealkylation sites (N-methyl/N-ethyl adjacent to an activating group) is 1. The van der Waals surface area contributed by atoms with Gasteiger partial charge in [-0.05, 0) is 31.8 Å². The van der Waals surface area contributed by atoms with E-state index in [1.54, 1.807) is 0 Å². The van der Waals surface area contributed by atoms with Crippen molar-refractivity contribution < 1.29 is 4.79 Å². The minimum atomic E-state index is 0.117. The summed E-state index contributed by atoms with van der Waals surface area (Å²) in [6.45, 7) is 10.1. The summed E-state index contributed by atoms with van der Waals surface area (Å²) in [5.41, 5.74) is 0. The monoisotopic (exact) mass is 214 g/mol. The summed E-state index contributed by atoms with van der Waals surface area (Å²) in [4.78, 5) is 13.3. The maximum atomic E-state index is 11.5. The second-order valence-electron chi connectivity index (χ2n) is 5.19. The van der Waals surface area contributed by atoms with Gasteiger partial charge in [0, 0.05) is 6.54 Å². The van der Waals surface area contributed by atoms with Gasteiger partial charge in [-0.2, -0.15) is 0 Å². The molecule has 0 aromatic rings. The Labute approximate surface area is 94.2 Å². The van der Waals surface area contributed by atoms with E-state index in [9.17, 15) is 4.79 Å². The van der Waals surface area contributed by atoms with Crippen molar-refractivity contribution in [2.24, 2.45) is 17.8 Å². The smallest absolute Gasteiger partial charge is 0.234 e. The molecule has 0 aliphatic rings. The van der Waals surface area contributed by atoms with Crippen molar-refractivity contribution in [3.05, 3.63) is 0 Å². The van der Waals surface area contributed by atoms with Crippen LogP contribution in [0, 0.1) is 17.8 Å². The molecule has 0 radical (unpaired) electrons. The van der Waals surface area contributed by atoms with Crippen molar-refractivity contribution in [2.75, 3.05) is 27.2 Å². The summed E-state index contributed by atoms with van der Waals surface area (Å²) in [6, 6.07) is 0. The number of amides is 1. The summed E-state index contributed by atoms with van der Waals surface area (Å²) in [5, 5.41) is 3.00. The lowest BCUT2D eigenvalue weighted by molar-refractivity contribution is -0.122. The van der Waals surface area contributed by atoms with Crippen molar-refractivity contribution in [1.82, 2.24) is 10.2 Å². The Morgan fingerprint density at radius 1 is 1.13 bits per heavy atom. The zero-order valence-corrected chi connectivity index (χ0v) is 11.0. The minimum absolute atomic E-state index is 0.117. The Balaban J connectivity index is 3.95. The molecule has 0 heterocycles. The molecular formula is C12H26N2O. The molecule has 0 atom stereocenters. The second kappa shape index (κ2) is 6.83. The maximum absolute atomic E-state index is 11.5. The van der Waals surface area contributed by atoms with Gasteiger partial charge in [0.25, 0.3) is 0 Å². The third-order valence-corrected chi connectivity index (χ3v) is 2.71. The Morgan fingerprint density at radius 3 is 1.93 bits per heavy atom. The molecule has 0 bridgehead atoms. The van der Waals surface area contributed by atoms with E-state index < -0.39 is 0 Å². The lowest BCUT2D eigenvalue weighted by atomic mass is 9.85. The molecule has 0 aromatic heterocycles. The highest BCUT2D eigenvalue weighted by molar-refractivity contribution is 5.77. The quantitative estimate of drug-likeness (QED) is 0.728. The van der Waals surface area contributed by atoms with Crippen LogP contribution < -0.4 is 5.32 Å². The van der Waals surface area contributed by atoms with E-state index in [1.807, 2.05) is 19.0 Å². The average molecular weight is 214 g/mol. The van der Waals surface area contributed by atoms with Gasteiger partial charge in [0.2, 0.25) is 5.91 Å². The molecule has 90 valence electrons. The molecule has 0 saturated heterocycles. The summed E-state index contributed by atoms with van der Waals surface area (Å²) in [7, 11) is 3.81. The third kappa shape index (κ3) is 6.50. The molecule has 0 spiro atoms. The van der Waals surface area contributed by atoms with E-state index >= 15 is 0 Å². The van der Waals surface area contributed by atoms with E-state index in [0.717, 1.165) is 6.54 Å². The zero-order chi connectivity index (χ0) is 12.0. The van der Waals surface area contributed by atoms with Gasteiger partial charge < -0.3 is 10.2 Å². The molecule has 0 fully saturated rings. The highest BCUT2D eigenvalue weighted by atomic mass is 16.1. The van der Waals surface area contributed by atoms with E-state index in [4.69, 9.17) is 0 Å². The fraction of sp³-hybridized carbons (Fsp3) is 0.917. The fourth-order valence-corrected chi connectivity index (χ4v) is 1.82. The Morgan fingerprint density at radius 2 is 1.60 bits per heavy atom. The number of hydrogen-bond acceptors (Lipinski definition) is 2. The Hall–Kier alpha value is -0.570. The number of carbonyl (C=O) groups excluding carboxylic acids is 1. The molecule has 0 aliphatic carbocycles. The highest BCUT2D eigenvalue weighted by Crippen LogP contribution is 2.19. The molecule has 15 heavy (non-hydrogen) atoms. The topological polar surface area (TPSA) is 32.3 Å². The first kappa shape index (κ1) is 14.4. The molecule has 0 saturated carbocycles. The van der Waals surface area contributed by atoms with Crippen LogP contribution in [0.3, 0.4) is 0 Å². The lowest BCUT2D eigenvalue weighted by Crippen LogP contribution is -2.38. The van der Waals surface area contributed by atoms with Crippen molar-refractivity contribution in [3.63, 3.8) is 0 Å². The van der Waals surface area contributed by atoms with Crippen LogP contribution in [-0.2, 0) is 4.79 Å². The molecule has 1 amide bonds. The standard InChI is InChI=1S/C12H26N2O/c1-9(2)11(10(3)4)7-13-12(15)8-14(5)6/h9-11H,7-8H2,1-6H3,(H,13,15). The summed E-state index contributed by atoms with van der Waals surface area (Å²) in [6.07, 6.45) is 0. The van der Waals surface area contributed by atoms with Crippen LogP contribution in [0.2, 0.25) is 0 Å². The summed E-state index contributed by atoms with van der Waals surface area (Å²) < 4.78 is 0. The zero-order valence-electron chi connectivity index (χ0n) is 11.0. The largest absolute Gasteiger partial charge is 0.355 e. The number of nitrogens with zero attached hydrogens (tertiary/aromatic N) is 1. The van der Waals surface area contributed by atoms with Crippen molar-refractivity contribution >= 4 is 5.91 Å². The van der Waals surface area contributed by atoms with Crippen molar-refractivity contribution in [1.29, 1.82) is 0 Å². The van der Waals surface area contributed by atoms with E-state index in [2.05, 4.69) is 33.0 Å². The van der Waals surface area contributed by atoms with Crippen LogP contribution >= 0.6 is 0 Å². The fourth-order valence-electron chi connectivity index (χ4n) is 1.82. The van der Waals surface area contributed by atoms with Crippen molar-refractivity contribution in [3.8, 4) is 0 Å². The predicted octanol–water partition coefficient (Wildman–Crippen LogP) is 1.59. The first-order valence-electron chi connectivity index (χ1n) is 5.76. The third-order valence-electron chi connectivity index (χ3n) is 2.71. The van der Waals surface area contributed by atoms with Crippen LogP contribution in [0.25, 0.3) is 0 Å². The van der Waals surface area contributed by atoms with Gasteiger partial charge in [0.15, 0.2) is 0 Å². The first-order chi connectivity index (χ1) is 6.84. The number of nitrogens with one attached hydrogen (secondary N) is 1. The molecule has 0 aliphatic heterocycles. The van der Waals surface area contributed by atoms with Crippen LogP contribution in [0.1, 0.15) is 27.7 Å². The van der Waals surface area contributed by atoms with Crippen LogP contribution in [0.4, 0.5) is 0 Å². The lowest BCUT2D eigenvalue weighted by Gasteiger charge is -2.25. The summed E-state index contributed by atoms with van der Waals surface area (Å²) in [5.74, 6) is 1.91. The SMILES string of the molecule is CC(C)C(CNC(=O)CN(C)C)C(C)C. The van der Waals surface area contributed by atoms with Gasteiger partial charge in [0.1, 0.15) is 0 Å². The maximum Gasteiger partial charge on any atom is 0.234 e. The Kier molecular flexibility index (Phi) is 6.57. The van der Waals surface area contributed by atoms with E-state index in [1.165, 1.54) is 0 Å². The summed E-state index contributed by atoms with van der Waals surface area (Å²) >= 11 is 0. The molecule has 0 rings (SSSR count). The number of carbonyl (C=O) groups is 1. The van der Waals surface area contributed by atoms with E-state index in [0.29, 0.717) is 24.3 Å². The van der Waals surface area contributed by atoms with Gasteiger partial charge in [-0.25, -0.2) is 0 Å². The molecule has 0 aromatic carbocycles. The molecule has 1 N–H and O–H groups in total. The first-order valence-corrected chi connectivity index (χ1v) is 5.76. The number of rotatable bonds is 6. The minimum Gasteiger partial charge on any atom is -0.355 e. The van der Waals surface area contributed by atoms with Gasteiger partial charge in [-0.15, -0.1) is 0 Å². The average Bonchev–Trinajstić information content (AvgIpc) is 2.00. The molecule has 3 heteroatoms. The molecular weight excluding hydrogens is 188 g/mol. The van der Waals surface area contributed by atoms with E-state index in [-0.39, 0.29) is 5.91 Å². The number of hydrogen-bond donors (Lipinski definition) is 1. The van der Waals surface area contributed by atoms with Gasteiger partial charge in [0.05, 0.1) is 6.54 Å². The second-order valence-corrected chi connectivity index (χ2v) is 5.19. The van der Waals surface area contributed by atoms with Crippen LogP contribution in [-0.4, -0.2) is 38.0 Å². The Bertz CT molecular complexity index is 180. The van der Waals surface area contributed by atoms with Crippen LogP contribution in [0.5, 0.6) is 0 Å². The van der Waals surface area contributed by atoms with Gasteiger partial charge in [-0.3, -0.25) is 4.79 Å². The predicted molar refractivity (Wildman–Crippen MR) is 64.7 cm³/mol. The normalized spacial score (nSPS) is 11.9. The van der Waals surface area contributed by atoms with Crippen LogP contribution in [0.15, 0.2) is 0 Å². The van der Waals surface area contributed by atoms with Gasteiger partial charge >= 0.3 is 0 Å². The molecule has 3 nitrogen and oxygen atoms in total.